The molecule has 3 rings (SSSR count). The van der Waals surface area contributed by atoms with Crippen LogP contribution < -0.4 is 4.90 Å². The molecule has 1 fully saturated rings. The average molecular weight is 322 g/mol. The van der Waals surface area contributed by atoms with Crippen LogP contribution in [0, 0.1) is 0 Å². The maximum absolute atomic E-state index is 11.4. The summed E-state index contributed by atoms with van der Waals surface area (Å²) >= 11 is 3.05. The lowest BCUT2D eigenvalue weighted by atomic mass is 10.1. The summed E-state index contributed by atoms with van der Waals surface area (Å²) in [6.07, 6.45) is 2.34. The van der Waals surface area contributed by atoms with E-state index in [1.807, 2.05) is 13.8 Å². The lowest BCUT2D eigenvalue weighted by molar-refractivity contribution is 0.0700. The molecule has 0 spiro atoms. The molecule has 0 unspecified atom stereocenters. The number of carboxylic acids is 1. The minimum atomic E-state index is -0.866. The van der Waals surface area contributed by atoms with Gasteiger partial charge in [0.2, 0.25) is 0 Å². The molecule has 0 atom stereocenters. The Hall–Kier alpha value is -1.40. The molecule has 2 heterocycles. The molecule has 0 aliphatic heterocycles. The summed E-state index contributed by atoms with van der Waals surface area (Å²) in [4.78, 5) is 20.0. The average Bonchev–Trinajstić information content (AvgIpc) is 2.97. The Balaban J connectivity index is 1.92. The van der Waals surface area contributed by atoms with Crippen molar-refractivity contribution >= 4 is 33.8 Å². The molecule has 21 heavy (non-hydrogen) atoms. The first-order valence-electron chi connectivity index (χ1n) is 7.09. The molecule has 2 aromatic heterocycles. The second-order valence-corrected chi connectivity index (χ2v) is 7.62. The second-order valence-electron chi connectivity index (χ2n) is 5.61. The molecule has 112 valence electrons. The number of rotatable bonds is 6. The lowest BCUT2D eigenvalue weighted by Gasteiger charge is -2.20. The van der Waals surface area contributed by atoms with Gasteiger partial charge in [-0.2, -0.15) is 0 Å². The van der Waals surface area contributed by atoms with Crippen molar-refractivity contribution in [2.45, 2.75) is 45.2 Å². The highest BCUT2D eigenvalue weighted by Crippen LogP contribution is 2.38. The van der Waals surface area contributed by atoms with Crippen molar-refractivity contribution < 1.29 is 9.90 Å². The molecule has 2 aromatic rings. The van der Waals surface area contributed by atoms with Crippen LogP contribution in [0.2, 0.25) is 0 Å². The number of thiophene rings is 1. The van der Waals surface area contributed by atoms with Crippen molar-refractivity contribution in [2.75, 3.05) is 4.90 Å². The van der Waals surface area contributed by atoms with Gasteiger partial charge in [-0.05, 0) is 30.2 Å². The summed E-state index contributed by atoms with van der Waals surface area (Å²) in [6.45, 7) is 4.81. The van der Waals surface area contributed by atoms with Crippen molar-refractivity contribution in [1.82, 2.24) is 4.98 Å². The molecule has 4 nitrogen and oxygen atoms in total. The number of anilines is 1. The quantitative estimate of drug-likeness (QED) is 0.866. The van der Waals surface area contributed by atoms with Gasteiger partial charge in [-0.3, -0.25) is 0 Å². The van der Waals surface area contributed by atoms with Gasteiger partial charge in [-0.25, -0.2) is 9.78 Å². The topological polar surface area (TPSA) is 53.4 Å². The van der Waals surface area contributed by atoms with E-state index >= 15 is 0 Å². The van der Waals surface area contributed by atoms with Crippen LogP contribution in [-0.4, -0.2) is 22.1 Å². The third kappa shape index (κ3) is 3.11. The second kappa shape index (κ2) is 5.77. The van der Waals surface area contributed by atoms with Crippen LogP contribution in [0.3, 0.4) is 0 Å². The predicted octanol–water partition coefficient (Wildman–Crippen LogP) is 4.20. The fourth-order valence-corrected chi connectivity index (χ4v) is 4.13. The maximum atomic E-state index is 11.4. The van der Waals surface area contributed by atoms with Gasteiger partial charge in [0.15, 0.2) is 5.13 Å². The zero-order valence-corrected chi connectivity index (χ0v) is 13.7. The summed E-state index contributed by atoms with van der Waals surface area (Å²) < 4.78 is 0. The van der Waals surface area contributed by atoms with Crippen molar-refractivity contribution in [1.29, 1.82) is 0 Å². The van der Waals surface area contributed by atoms with Crippen LogP contribution in [0.1, 0.15) is 52.8 Å². The fraction of sp³-hybridized carbons (Fsp3) is 0.467. The Morgan fingerprint density at radius 2 is 2.29 bits per heavy atom. The van der Waals surface area contributed by atoms with E-state index in [1.165, 1.54) is 29.1 Å². The van der Waals surface area contributed by atoms with E-state index in [0.717, 1.165) is 11.7 Å². The van der Waals surface area contributed by atoms with Crippen LogP contribution >= 0.6 is 22.7 Å². The normalized spacial score (nSPS) is 14.6. The largest absolute Gasteiger partial charge is 0.477 e. The van der Waals surface area contributed by atoms with Crippen molar-refractivity contribution in [2.24, 2.45) is 0 Å². The number of thiazole rings is 1. The molecule has 1 aliphatic rings. The predicted molar refractivity (Wildman–Crippen MR) is 86.7 cm³/mol. The summed E-state index contributed by atoms with van der Waals surface area (Å²) in [5.74, 6) is -0.738. The van der Waals surface area contributed by atoms with Gasteiger partial charge in [0.1, 0.15) is 4.88 Å². The smallest absolute Gasteiger partial charge is 0.347 e. The molecular weight excluding hydrogens is 304 g/mol. The third-order valence-electron chi connectivity index (χ3n) is 3.52. The van der Waals surface area contributed by atoms with Gasteiger partial charge in [0.05, 0.1) is 12.2 Å². The molecule has 0 amide bonds. The Kier molecular flexibility index (Phi) is 3.99. The Bertz CT molecular complexity index is 630. The summed E-state index contributed by atoms with van der Waals surface area (Å²) in [5, 5.41) is 12.3. The maximum Gasteiger partial charge on any atom is 0.347 e. The number of carboxylic acid groups (broad SMARTS) is 1. The molecule has 0 radical (unpaired) electrons. The number of hydrogen-bond donors (Lipinski definition) is 1. The molecule has 1 saturated carbocycles. The Morgan fingerprint density at radius 1 is 1.52 bits per heavy atom. The van der Waals surface area contributed by atoms with Crippen LogP contribution in [-0.2, 0) is 6.54 Å². The Labute approximate surface area is 132 Å². The zero-order valence-electron chi connectivity index (χ0n) is 12.1. The molecule has 6 heteroatoms. The number of carbonyl (C=O) groups is 1. The van der Waals surface area contributed by atoms with Gasteiger partial charge in [0, 0.05) is 10.9 Å². The molecule has 0 bridgehead atoms. The van der Waals surface area contributed by atoms with E-state index in [-0.39, 0.29) is 5.92 Å². The van der Waals surface area contributed by atoms with Gasteiger partial charge in [-0.1, -0.05) is 31.3 Å². The fourth-order valence-electron chi connectivity index (χ4n) is 2.30. The SMILES string of the molecule is CC(C)c1nc(N(Cc2cccs2)C2CC2)sc1C(=O)O. The van der Waals surface area contributed by atoms with Crippen molar-refractivity contribution in [3.63, 3.8) is 0 Å². The number of aromatic carboxylic acids is 1. The van der Waals surface area contributed by atoms with Crippen LogP contribution in [0.5, 0.6) is 0 Å². The summed E-state index contributed by atoms with van der Waals surface area (Å²) in [7, 11) is 0. The highest BCUT2D eigenvalue weighted by molar-refractivity contribution is 7.17. The van der Waals surface area contributed by atoms with E-state index in [9.17, 15) is 9.90 Å². The van der Waals surface area contributed by atoms with E-state index in [1.54, 1.807) is 11.3 Å². The zero-order chi connectivity index (χ0) is 15.0. The third-order valence-corrected chi connectivity index (χ3v) is 5.48. The van der Waals surface area contributed by atoms with Crippen LogP contribution in [0.25, 0.3) is 0 Å². The summed E-state index contributed by atoms with van der Waals surface area (Å²) in [5.41, 5.74) is 0.708. The molecule has 1 aliphatic carbocycles. The molecule has 0 aromatic carbocycles. The van der Waals surface area contributed by atoms with Crippen LogP contribution in [0.4, 0.5) is 5.13 Å². The van der Waals surface area contributed by atoms with Crippen molar-refractivity contribution in [3.8, 4) is 0 Å². The highest BCUT2D eigenvalue weighted by atomic mass is 32.1. The monoisotopic (exact) mass is 322 g/mol. The van der Waals surface area contributed by atoms with Crippen molar-refractivity contribution in [3.05, 3.63) is 33.0 Å². The van der Waals surface area contributed by atoms with Gasteiger partial charge < -0.3 is 10.0 Å². The first-order chi connectivity index (χ1) is 10.1. The molecular formula is C15H18N2O2S2. The van der Waals surface area contributed by atoms with E-state index in [0.29, 0.717) is 16.6 Å². The standard InChI is InChI=1S/C15H18N2O2S2/c1-9(2)12-13(14(18)19)21-15(16-12)17(10-5-6-10)8-11-4-3-7-20-11/h3-4,7,9-10H,5-6,8H2,1-2H3,(H,18,19). The molecule has 1 N–H and O–H groups in total. The van der Waals surface area contributed by atoms with Gasteiger partial charge in [0.25, 0.3) is 0 Å². The Morgan fingerprint density at radius 3 is 2.76 bits per heavy atom. The minimum absolute atomic E-state index is 0.129. The minimum Gasteiger partial charge on any atom is -0.477 e. The molecule has 0 saturated heterocycles. The number of aromatic nitrogens is 1. The van der Waals surface area contributed by atoms with E-state index in [2.05, 4.69) is 27.4 Å². The summed E-state index contributed by atoms with van der Waals surface area (Å²) in [6, 6.07) is 4.68. The first kappa shape index (κ1) is 14.5. The first-order valence-corrected chi connectivity index (χ1v) is 8.79. The number of hydrogen-bond acceptors (Lipinski definition) is 5. The van der Waals surface area contributed by atoms with E-state index < -0.39 is 5.97 Å². The van der Waals surface area contributed by atoms with Crippen LogP contribution in [0.15, 0.2) is 17.5 Å². The lowest BCUT2D eigenvalue weighted by Crippen LogP contribution is -2.24. The van der Waals surface area contributed by atoms with E-state index in [4.69, 9.17) is 0 Å². The van der Waals surface area contributed by atoms with Gasteiger partial charge in [-0.15, -0.1) is 11.3 Å². The highest BCUT2D eigenvalue weighted by Gasteiger charge is 2.33. The number of nitrogens with zero attached hydrogens (tertiary/aromatic N) is 2. The van der Waals surface area contributed by atoms with Gasteiger partial charge >= 0.3 is 5.97 Å².